The molecular formula is C18H20ClFN2O2. The second-order valence-electron chi connectivity index (χ2n) is 5.35. The van der Waals surface area contributed by atoms with Crippen molar-refractivity contribution < 1.29 is 13.9 Å². The standard InChI is InChI=1S/C18H20ClFN2O2/c1-12-6-7-13(10-17(12)24-9-3-8-21)18(23)22-11-14-15(19)4-2-5-16(14)20/h2,4-7,10H,3,8-9,11,21H2,1H3,(H,22,23). The highest BCUT2D eigenvalue weighted by atomic mass is 35.5. The molecule has 0 spiro atoms. The Kier molecular flexibility index (Phi) is 6.58. The van der Waals surface area contributed by atoms with Crippen LogP contribution in [0.4, 0.5) is 4.39 Å². The summed E-state index contributed by atoms with van der Waals surface area (Å²) >= 11 is 5.95. The van der Waals surface area contributed by atoms with E-state index in [1.807, 2.05) is 13.0 Å². The third-order valence-corrected chi connectivity index (χ3v) is 3.90. The number of carbonyl (C=O) groups excluding carboxylic acids is 1. The number of nitrogens with one attached hydrogen (secondary N) is 1. The van der Waals surface area contributed by atoms with Gasteiger partial charge in [-0.2, -0.15) is 0 Å². The molecule has 2 rings (SSSR count). The second kappa shape index (κ2) is 8.66. The molecule has 0 aliphatic rings. The first-order valence-electron chi connectivity index (χ1n) is 7.67. The number of rotatable bonds is 7. The summed E-state index contributed by atoms with van der Waals surface area (Å²) in [5, 5.41) is 2.95. The van der Waals surface area contributed by atoms with Crippen molar-refractivity contribution in [2.24, 2.45) is 5.73 Å². The molecule has 0 unspecified atom stereocenters. The highest BCUT2D eigenvalue weighted by Gasteiger charge is 2.12. The first-order valence-corrected chi connectivity index (χ1v) is 8.05. The molecule has 2 aromatic carbocycles. The number of halogens is 2. The maximum absolute atomic E-state index is 13.7. The summed E-state index contributed by atoms with van der Waals surface area (Å²) in [5.74, 6) is -0.129. The van der Waals surface area contributed by atoms with Gasteiger partial charge in [-0.25, -0.2) is 4.39 Å². The number of carbonyl (C=O) groups is 1. The van der Waals surface area contributed by atoms with Gasteiger partial charge >= 0.3 is 0 Å². The van der Waals surface area contributed by atoms with Crippen LogP contribution in [0.25, 0.3) is 0 Å². The average Bonchev–Trinajstić information content (AvgIpc) is 2.56. The lowest BCUT2D eigenvalue weighted by Gasteiger charge is -2.12. The van der Waals surface area contributed by atoms with Crippen LogP contribution in [0.1, 0.15) is 27.9 Å². The third-order valence-electron chi connectivity index (χ3n) is 3.54. The molecule has 0 atom stereocenters. The minimum Gasteiger partial charge on any atom is -0.493 e. The minimum absolute atomic E-state index is 0.0155. The molecule has 6 heteroatoms. The number of hydrogen-bond acceptors (Lipinski definition) is 3. The van der Waals surface area contributed by atoms with E-state index < -0.39 is 5.82 Å². The zero-order valence-corrected chi connectivity index (χ0v) is 14.2. The topological polar surface area (TPSA) is 64.3 Å². The Labute approximate surface area is 145 Å². The number of ether oxygens (including phenoxy) is 1. The van der Waals surface area contributed by atoms with Gasteiger partial charge in [-0.3, -0.25) is 4.79 Å². The van der Waals surface area contributed by atoms with Crippen LogP contribution in [0.15, 0.2) is 36.4 Å². The van der Waals surface area contributed by atoms with Crippen LogP contribution >= 0.6 is 11.6 Å². The first kappa shape index (κ1) is 18.2. The molecule has 0 aliphatic heterocycles. The summed E-state index contributed by atoms with van der Waals surface area (Å²) in [6.07, 6.45) is 0.738. The number of hydrogen-bond donors (Lipinski definition) is 2. The van der Waals surface area contributed by atoms with Crippen LogP contribution in [0.5, 0.6) is 5.75 Å². The van der Waals surface area contributed by atoms with Crippen molar-refractivity contribution in [2.75, 3.05) is 13.2 Å². The molecule has 128 valence electrons. The fourth-order valence-electron chi connectivity index (χ4n) is 2.13. The molecule has 24 heavy (non-hydrogen) atoms. The number of amides is 1. The van der Waals surface area contributed by atoms with E-state index in [1.165, 1.54) is 12.1 Å². The molecular weight excluding hydrogens is 331 g/mol. The van der Waals surface area contributed by atoms with Crippen molar-refractivity contribution in [1.82, 2.24) is 5.32 Å². The molecule has 0 heterocycles. The monoisotopic (exact) mass is 350 g/mol. The van der Waals surface area contributed by atoms with Gasteiger partial charge in [-0.05, 0) is 49.7 Å². The van der Waals surface area contributed by atoms with E-state index in [0.717, 1.165) is 12.0 Å². The third kappa shape index (κ3) is 4.69. The van der Waals surface area contributed by atoms with E-state index in [4.69, 9.17) is 22.1 Å². The van der Waals surface area contributed by atoms with Gasteiger partial charge in [0, 0.05) is 22.7 Å². The van der Waals surface area contributed by atoms with E-state index in [9.17, 15) is 9.18 Å². The van der Waals surface area contributed by atoms with Crippen LogP contribution in [-0.2, 0) is 6.54 Å². The van der Waals surface area contributed by atoms with E-state index in [-0.39, 0.29) is 23.0 Å². The average molecular weight is 351 g/mol. The quantitative estimate of drug-likeness (QED) is 0.752. The molecule has 1 amide bonds. The molecule has 2 aromatic rings. The van der Waals surface area contributed by atoms with E-state index >= 15 is 0 Å². The zero-order valence-electron chi connectivity index (χ0n) is 13.4. The Bertz CT molecular complexity index is 702. The highest BCUT2D eigenvalue weighted by molar-refractivity contribution is 6.31. The molecule has 0 saturated heterocycles. The van der Waals surface area contributed by atoms with Crippen molar-refractivity contribution in [3.05, 3.63) is 63.9 Å². The predicted molar refractivity (Wildman–Crippen MR) is 92.9 cm³/mol. The van der Waals surface area contributed by atoms with Gasteiger partial charge < -0.3 is 15.8 Å². The van der Waals surface area contributed by atoms with Gasteiger partial charge in [0.2, 0.25) is 0 Å². The lowest BCUT2D eigenvalue weighted by molar-refractivity contribution is 0.0950. The van der Waals surface area contributed by atoms with Crippen molar-refractivity contribution in [1.29, 1.82) is 0 Å². The molecule has 0 radical (unpaired) electrons. The zero-order chi connectivity index (χ0) is 17.5. The summed E-state index contributed by atoms with van der Waals surface area (Å²) < 4.78 is 19.4. The van der Waals surface area contributed by atoms with Crippen LogP contribution in [-0.4, -0.2) is 19.1 Å². The van der Waals surface area contributed by atoms with Crippen molar-refractivity contribution in [3.8, 4) is 5.75 Å². The van der Waals surface area contributed by atoms with Crippen molar-refractivity contribution in [2.45, 2.75) is 19.9 Å². The lowest BCUT2D eigenvalue weighted by Crippen LogP contribution is -2.23. The maximum atomic E-state index is 13.7. The molecule has 4 nitrogen and oxygen atoms in total. The van der Waals surface area contributed by atoms with Crippen molar-refractivity contribution in [3.63, 3.8) is 0 Å². The fourth-order valence-corrected chi connectivity index (χ4v) is 2.36. The number of nitrogens with two attached hydrogens (primary N) is 1. The van der Waals surface area contributed by atoms with Crippen molar-refractivity contribution >= 4 is 17.5 Å². The number of aryl methyl sites for hydroxylation is 1. The Morgan fingerprint density at radius 3 is 2.83 bits per heavy atom. The Morgan fingerprint density at radius 1 is 1.33 bits per heavy atom. The largest absolute Gasteiger partial charge is 0.493 e. The lowest BCUT2D eigenvalue weighted by atomic mass is 10.1. The molecule has 0 saturated carbocycles. The predicted octanol–water partition coefficient (Wildman–Crippen LogP) is 3.45. The van der Waals surface area contributed by atoms with Gasteiger partial charge in [0.05, 0.1) is 6.61 Å². The summed E-state index contributed by atoms with van der Waals surface area (Å²) in [5.41, 5.74) is 7.08. The van der Waals surface area contributed by atoms with Gasteiger partial charge in [0.15, 0.2) is 0 Å². The van der Waals surface area contributed by atoms with Gasteiger partial charge in [0.1, 0.15) is 11.6 Å². The van der Waals surface area contributed by atoms with Gasteiger partial charge in [-0.15, -0.1) is 0 Å². The summed E-state index contributed by atoms with van der Waals surface area (Å²) in [7, 11) is 0. The summed E-state index contributed by atoms with van der Waals surface area (Å²) in [6, 6.07) is 9.59. The Balaban J connectivity index is 2.05. The molecule has 3 N–H and O–H groups in total. The van der Waals surface area contributed by atoms with E-state index in [1.54, 1.807) is 18.2 Å². The summed E-state index contributed by atoms with van der Waals surface area (Å²) in [4.78, 5) is 12.3. The summed E-state index contributed by atoms with van der Waals surface area (Å²) in [6.45, 7) is 2.95. The smallest absolute Gasteiger partial charge is 0.251 e. The van der Waals surface area contributed by atoms with Crippen LogP contribution < -0.4 is 15.8 Å². The SMILES string of the molecule is Cc1ccc(C(=O)NCc2c(F)cccc2Cl)cc1OCCCN. The van der Waals surface area contributed by atoms with Gasteiger partial charge in [0.25, 0.3) is 5.91 Å². The molecule has 0 fully saturated rings. The first-order chi connectivity index (χ1) is 11.5. The molecule has 0 aromatic heterocycles. The van der Waals surface area contributed by atoms with Crippen LogP contribution in [0, 0.1) is 12.7 Å². The minimum atomic E-state index is -0.447. The van der Waals surface area contributed by atoms with E-state index in [0.29, 0.717) is 24.5 Å². The molecule has 0 aliphatic carbocycles. The Hall–Kier alpha value is -2.11. The fraction of sp³-hybridized carbons (Fsp3) is 0.278. The maximum Gasteiger partial charge on any atom is 0.251 e. The highest BCUT2D eigenvalue weighted by Crippen LogP contribution is 2.21. The normalized spacial score (nSPS) is 10.5. The van der Waals surface area contributed by atoms with E-state index in [2.05, 4.69) is 5.32 Å². The second-order valence-corrected chi connectivity index (χ2v) is 5.76. The van der Waals surface area contributed by atoms with Gasteiger partial charge in [-0.1, -0.05) is 23.7 Å². The Morgan fingerprint density at radius 2 is 2.12 bits per heavy atom. The molecule has 0 bridgehead atoms. The van der Waals surface area contributed by atoms with Crippen LogP contribution in [0.2, 0.25) is 5.02 Å². The van der Waals surface area contributed by atoms with Crippen LogP contribution in [0.3, 0.4) is 0 Å². The number of benzene rings is 2.